The van der Waals surface area contributed by atoms with Crippen LogP contribution >= 0.6 is 22.6 Å². The Labute approximate surface area is 104 Å². The summed E-state index contributed by atoms with van der Waals surface area (Å²) in [7, 11) is 0. The Kier molecular flexibility index (Phi) is 2.92. The number of rotatable bonds is 2. The number of nitrogens with zero attached hydrogens (tertiary/aromatic N) is 1. The van der Waals surface area contributed by atoms with Gasteiger partial charge in [-0.15, -0.1) is 0 Å². The molecule has 3 nitrogen and oxygen atoms in total. The molecule has 16 heavy (non-hydrogen) atoms. The number of benzene rings is 1. The van der Waals surface area contributed by atoms with Gasteiger partial charge in [-0.3, -0.25) is 14.5 Å². The summed E-state index contributed by atoms with van der Waals surface area (Å²) in [6, 6.07) is 4.68. The predicted octanol–water partition coefficient (Wildman–Crippen LogP) is 2.15. The van der Waals surface area contributed by atoms with Crippen LogP contribution in [0.3, 0.4) is 0 Å². The Bertz CT molecular complexity index is 476. The lowest BCUT2D eigenvalue weighted by Crippen LogP contribution is -2.34. The first-order chi connectivity index (χ1) is 7.50. The Morgan fingerprint density at radius 2 is 1.81 bits per heavy atom. The van der Waals surface area contributed by atoms with E-state index in [-0.39, 0.29) is 11.1 Å². The van der Waals surface area contributed by atoms with Crippen LogP contribution in [0.2, 0.25) is 0 Å². The molecule has 0 atom stereocenters. The zero-order valence-electron chi connectivity index (χ0n) is 7.91. The zero-order chi connectivity index (χ0) is 11.9. The van der Waals surface area contributed by atoms with Gasteiger partial charge in [-0.1, -0.05) is 0 Å². The summed E-state index contributed by atoms with van der Waals surface area (Å²) in [6.07, 6.45) is -2.71. The van der Waals surface area contributed by atoms with Crippen LogP contribution in [0.25, 0.3) is 0 Å². The van der Waals surface area contributed by atoms with E-state index in [1.165, 1.54) is 12.1 Å². The predicted molar refractivity (Wildman–Crippen MR) is 60.5 cm³/mol. The van der Waals surface area contributed by atoms with Crippen LogP contribution in [-0.2, 0) is 0 Å². The van der Waals surface area contributed by atoms with Crippen LogP contribution < -0.4 is 0 Å². The molecule has 1 heterocycles. The van der Waals surface area contributed by atoms with Gasteiger partial charge in [-0.25, -0.2) is 8.78 Å². The lowest BCUT2D eigenvalue weighted by molar-refractivity contribution is 0.0492. The number of halogens is 3. The summed E-state index contributed by atoms with van der Waals surface area (Å²) < 4.78 is 25.2. The van der Waals surface area contributed by atoms with Crippen molar-refractivity contribution in [3.63, 3.8) is 0 Å². The van der Waals surface area contributed by atoms with Gasteiger partial charge >= 0.3 is 0 Å². The molecule has 0 unspecified atom stereocenters. The molecule has 0 fully saturated rings. The van der Waals surface area contributed by atoms with Gasteiger partial charge in [0, 0.05) is 3.57 Å². The molecule has 1 aromatic rings. The third kappa shape index (κ3) is 1.81. The number of carbonyl (C=O) groups excluding carboxylic acids is 2. The van der Waals surface area contributed by atoms with Crippen molar-refractivity contribution in [3.8, 4) is 0 Å². The molecule has 0 aromatic heterocycles. The normalized spacial score (nSPS) is 14.9. The second-order valence-electron chi connectivity index (χ2n) is 3.30. The second-order valence-corrected chi connectivity index (χ2v) is 4.55. The topological polar surface area (TPSA) is 37.4 Å². The number of amides is 2. The molecule has 84 valence electrons. The number of hydrogen-bond donors (Lipinski definition) is 0. The van der Waals surface area contributed by atoms with E-state index in [0.717, 1.165) is 3.57 Å². The number of imide groups is 1. The van der Waals surface area contributed by atoms with E-state index in [4.69, 9.17) is 0 Å². The molecule has 2 amide bonds. The fourth-order valence-electron chi connectivity index (χ4n) is 1.57. The highest BCUT2D eigenvalue weighted by Crippen LogP contribution is 2.25. The van der Waals surface area contributed by atoms with E-state index in [9.17, 15) is 18.4 Å². The van der Waals surface area contributed by atoms with Gasteiger partial charge in [0.25, 0.3) is 18.2 Å². The molecule has 0 saturated carbocycles. The van der Waals surface area contributed by atoms with E-state index < -0.39 is 24.8 Å². The summed E-state index contributed by atoms with van der Waals surface area (Å²) in [5.41, 5.74) is 0.406. The largest absolute Gasteiger partial charge is 0.269 e. The van der Waals surface area contributed by atoms with Gasteiger partial charge in [-0.2, -0.15) is 0 Å². The highest BCUT2D eigenvalue weighted by Gasteiger charge is 2.36. The SMILES string of the molecule is O=C1c2ccc(I)cc2C(=O)N1CC(F)F. The highest BCUT2D eigenvalue weighted by atomic mass is 127. The minimum atomic E-state index is -2.71. The van der Waals surface area contributed by atoms with Gasteiger partial charge in [0.15, 0.2) is 0 Å². The van der Waals surface area contributed by atoms with Gasteiger partial charge < -0.3 is 0 Å². The van der Waals surface area contributed by atoms with Crippen LogP contribution in [0.4, 0.5) is 8.78 Å². The standard InChI is InChI=1S/C10H6F2INO2/c11-8(12)4-14-9(15)6-2-1-5(13)3-7(6)10(14)16/h1-3,8H,4H2. The first-order valence-corrected chi connectivity index (χ1v) is 5.52. The van der Waals surface area contributed by atoms with Gasteiger partial charge in [-0.05, 0) is 40.8 Å². The Morgan fingerprint density at radius 3 is 2.44 bits per heavy atom. The molecular weight excluding hydrogens is 331 g/mol. The molecule has 0 bridgehead atoms. The van der Waals surface area contributed by atoms with Crippen LogP contribution in [0.1, 0.15) is 20.7 Å². The fourth-order valence-corrected chi connectivity index (χ4v) is 2.06. The summed E-state index contributed by atoms with van der Waals surface area (Å²) in [5.74, 6) is -1.28. The Balaban J connectivity index is 2.40. The summed E-state index contributed by atoms with van der Waals surface area (Å²) in [5, 5.41) is 0. The number of fused-ring (bicyclic) bond motifs is 1. The van der Waals surface area contributed by atoms with Crippen molar-refractivity contribution in [2.45, 2.75) is 6.43 Å². The Morgan fingerprint density at radius 1 is 1.19 bits per heavy atom. The minimum absolute atomic E-state index is 0.200. The summed E-state index contributed by atoms with van der Waals surface area (Å²) in [4.78, 5) is 23.9. The minimum Gasteiger partial charge on any atom is -0.269 e. The molecule has 2 rings (SSSR count). The molecule has 0 N–H and O–H groups in total. The first-order valence-electron chi connectivity index (χ1n) is 4.44. The molecule has 0 radical (unpaired) electrons. The van der Waals surface area contributed by atoms with Gasteiger partial charge in [0.05, 0.1) is 17.7 Å². The van der Waals surface area contributed by atoms with Crippen molar-refractivity contribution < 1.29 is 18.4 Å². The van der Waals surface area contributed by atoms with E-state index in [1.54, 1.807) is 6.07 Å². The molecule has 0 spiro atoms. The molecular formula is C10H6F2INO2. The van der Waals surface area contributed by atoms with E-state index >= 15 is 0 Å². The quantitative estimate of drug-likeness (QED) is 0.613. The lowest BCUT2D eigenvalue weighted by Gasteiger charge is -2.12. The zero-order valence-corrected chi connectivity index (χ0v) is 10.1. The van der Waals surface area contributed by atoms with Gasteiger partial charge in [0.1, 0.15) is 0 Å². The molecule has 1 aliphatic heterocycles. The Hall–Kier alpha value is -1.05. The second kappa shape index (κ2) is 4.08. The van der Waals surface area contributed by atoms with E-state index in [1.807, 2.05) is 22.6 Å². The summed E-state index contributed by atoms with van der Waals surface area (Å²) in [6.45, 7) is -0.844. The van der Waals surface area contributed by atoms with E-state index in [0.29, 0.717) is 4.90 Å². The maximum atomic E-state index is 12.2. The summed E-state index contributed by atoms with van der Waals surface area (Å²) >= 11 is 1.99. The van der Waals surface area contributed by atoms with Crippen molar-refractivity contribution >= 4 is 34.4 Å². The first kappa shape index (κ1) is 11.4. The van der Waals surface area contributed by atoms with Crippen molar-refractivity contribution in [3.05, 3.63) is 32.9 Å². The smallest absolute Gasteiger partial charge is 0.261 e. The third-order valence-corrected chi connectivity index (χ3v) is 2.92. The van der Waals surface area contributed by atoms with Crippen LogP contribution in [0.5, 0.6) is 0 Å². The average molecular weight is 337 g/mol. The number of alkyl halides is 2. The average Bonchev–Trinajstić information content (AvgIpc) is 2.43. The van der Waals surface area contributed by atoms with E-state index in [2.05, 4.69) is 0 Å². The number of hydrogen-bond acceptors (Lipinski definition) is 2. The molecule has 1 aromatic carbocycles. The van der Waals surface area contributed by atoms with Crippen molar-refractivity contribution in [1.29, 1.82) is 0 Å². The van der Waals surface area contributed by atoms with Crippen molar-refractivity contribution in [2.24, 2.45) is 0 Å². The van der Waals surface area contributed by atoms with Gasteiger partial charge in [0.2, 0.25) is 0 Å². The van der Waals surface area contributed by atoms with Crippen molar-refractivity contribution in [2.75, 3.05) is 6.54 Å². The van der Waals surface area contributed by atoms with Crippen LogP contribution in [0, 0.1) is 3.57 Å². The molecule has 6 heteroatoms. The molecule has 0 aliphatic carbocycles. The third-order valence-electron chi connectivity index (χ3n) is 2.25. The number of carbonyl (C=O) groups is 2. The maximum Gasteiger partial charge on any atom is 0.261 e. The van der Waals surface area contributed by atoms with Crippen LogP contribution in [-0.4, -0.2) is 29.7 Å². The van der Waals surface area contributed by atoms with Crippen LogP contribution in [0.15, 0.2) is 18.2 Å². The lowest BCUT2D eigenvalue weighted by atomic mass is 10.1. The highest BCUT2D eigenvalue weighted by molar-refractivity contribution is 14.1. The fraction of sp³-hybridized carbons (Fsp3) is 0.200. The monoisotopic (exact) mass is 337 g/mol. The molecule has 0 saturated heterocycles. The van der Waals surface area contributed by atoms with Crippen molar-refractivity contribution in [1.82, 2.24) is 4.90 Å². The molecule has 1 aliphatic rings. The maximum absolute atomic E-state index is 12.2.